The summed E-state index contributed by atoms with van der Waals surface area (Å²) in [5.74, 6) is 0. The molecule has 0 fully saturated rings. The molecule has 2 nitrogen and oxygen atoms in total. The summed E-state index contributed by atoms with van der Waals surface area (Å²) in [6.07, 6.45) is 7.92. The van der Waals surface area contributed by atoms with E-state index in [1.807, 2.05) is 0 Å². The zero-order valence-electron chi connectivity index (χ0n) is 9.93. The number of likely N-dealkylation sites (N-methyl/N-ethyl adjacent to an activating group) is 1. The fourth-order valence-electron chi connectivity index (χ4n) is 2.61. The Balaban J connectivity index is 2.08. The molecule has 86 valence electrons. The second-order valence-electron chi connectivity index (χ2n) is 4.91. The zero-order chi connectivity index (χ0) is 10.5. The largest absolute Gasteiger partial charge is 0.377 e. The number of hydrogen-bond donors (Lipinski definition) is 0. The van der Waals surface area contributed by atoms with Crippen molar-refractivity contribution in [3.8, 4) is 0 Å². The van der Waals surface area contributed by atoms with E-state index in [2.05, 4.69) is 11.9 Å². The average molecular weight is 209 g/mol. The molecule has 15 heavy (non-hydrogen) atoms. The molecular weight excluding hydrogens is 186 g/mol. The van der Waals surface area contributed by atoms with Gasteiger partial charge in [0.2, 0.25) is 0 Å². The van der Waals surface area contributed by atoms with Gasteiger partial charge in [-0.1, -0.05) is 12.0 Å². The molecule has 2 heteroatoms. The highest BCUT2D eigenvalue weighted by Crippen LogP contribution is 2.25. The van der Waals surface area contributed by atoms with Crippen molar-refractivity contribution in [1.29, 1.82) is 0 Å². The van der Waals surface area contributed by atoms with E-state index in [-0.39, 0.29) is 0 Å². The first-order valence-electron chi connectivity index (χ1n) is 6.32. The van der Waals surface area contributed by atoms with E-state index in [0.717, 1.165) is 13.2 Å². The summed E-state index contributed by atoms with van der Waals surface area (Å²) in [7, 11) is 2.24. The van der Waals surface area contributed by atoms with Crippen LogP contribution in [-0.4, -0.2) is 38.3 Å². The molecule has 0 aromatic heterocycles. The Morgan fingerprint density at radius 3 is 2.67 bits per heavy atom. The maximum Gasteiger partial charge on any atom is 0.0679 e. The van der Waals surface area contributed by atoms with Gasteiger partial charge in [-0.2, -0.15) is 0 Å². The van der Waals surface area contributed by atoms with E-state index in [4.69, 9.17) is 4.74 Å². The quantitative estimate of drug-likeness (QED) is 0.569. The highest BCUT2D eigenvalue weighted by Gasteiger charge is 2.14. The van der Waals surface area contributed by atoms with Crippen molar-refractivity contribution in [1.82, 2.24) is 4.90 Å². The summed E-state index contributed by atoms with van der Waals surface area (Å²) < 4.78 is 5.74. The Hall–Kier alpha value is -0.340. The molecule has 0 saturated heterocycles. The van der Waals surface area contributed by atoms with E-state index < -0.39 is 0 Å². The predicted octanol–water partition coefficient (Wildman–Crippen LogP) is 2.60. The minimum absolute atomic E-state index is 0.906. The molecule has 0 radical (unpaired) electrons. The van der Waals surface area contributed by atoms with Crippen LogP contribution in [0.2, 0.25) is 0 Å². The van der Waals surface area contributed by atoms with Gasteiger partial charge in [0.05, 0.1) is 6.61 Å². The molecule has 1 heterocycles. The van der Waals surface area contributed by atoms with E-state index >= 15 is 0 Å². The Bertz CT molecular complexity index is 235. The summed E-state index contributed by atoms with van der Waals surface area (Å²) in [6, 6.07) is 0. The van der Waals surface area contributed by atoms with Crippen molar-refractivity contribution < 1.29 is 4.74 Å². The Morgan fingerprint density at radius 1 is 1.00 bits per heavy atom. The minimum Gasteiger partial charge on any atom is -0.377 e. The van der Waals surface area contributed by atoms with Crippen LogP contribution in [0.1, 0.15) is 38.5 Å². The molecule has 0 aromatic carbocycles. The van der Waals surface area contributed by atoms with Gasteiger partial charge in [0.1, 0.15) is 0 Å². The monoisotopic (exact) mass is 209 g/mol. The van der Waals surface area contributed by atoms with Gasteiger partial charge in [0.25, 0.3) is 0 Å². The molecular formula is C13H23NO. The van der Waals surface area contributed by atoms with Crippen molar-refractivity contribution in [2.24, 2.45) is 0 Å². The topological polar surface area (TPSA) is 12.5 Å². The van der Waals surface area contributed by atoms with Crippen LogP contribution < -0.4 is 0 Å². The summed E-state index contributed by atoms with van der Waals surface area (Å²) in [5.41, 5.74) is 3.29. The lowest BCUT2D eigenvalue weighted by Gasteiger charge is -2.18. The SMILES string of the molecule is CN1CCCOCC2=C(CCCCC2)C1. The molecule has 0 amide bonds. The molecule has 0 bridgehead atoms. The molecule has 0 N–H and O–H groups in total. The molecule has 0 aromatic rings. The zero-order valence-corrected chi connectivity index (χ0v) is 9.93. The fraction of sp³-hybridized carbons (Fsp3) is 0.846. The first-order valence-corrected chi connectivity index (χ1v) is 6.32. The standard InChI is InChI=1S/C13H23NO/c1-14-8-5-9-15-11-13-7-4-2-3-6-12(13)10-14/h2-11H2,1H3. The van der Waals surface area contributed by atoms with Crippen molar-refractivity contribution in [2.75, 3.05) is 33.4 Å². The molecule has 1 aliphatic heterocycles. The lowest BCUT2D eigenvalue weighted by atomic mass is 10.0. The molecule has 2 rings (SSSR count). The predicted molar refractivity (Wildman–Crippen MR) is 63.0 cm³/mol. The second kappa shape index (κ2) is 5.66. The van der Waals surface area contributed by atoms with Gasteiger partial charge < -0.3 is 9.64 Å². The van der Waals surface area contributed by atoms with Gasteiger partial charge in [-0.15, -0.1) is 0 Å². The molecule has 0 saturated carbocycles. The van der Waals surface area contributed by atoms with Gasteiger partial charge in [-0.05, 0) is 44.7 Å². The van der Waals surface area contributed by atoms with Crippen LogP contribution in [0.25, 0.3) is 0 Å². The second-order valence-corrected chi connectivity index (χ2v) is 4.91. The lowest BCUT2D eigenvalue weighted by molar-refractivity contribution is 0.146. The third kappa shape index (κ3) is 3.32. The number of nitrogens with zero attached hydrogens (tertiary/aromatic N) is 1. The normalized spacial score (nSPS) is 26.2. The summed E-state index contributed by atoms with van der Waals surface area (Å²) in [5, 5.41) is 0. The van der Waals surface area contributed by atoms with Crippen molar-refractivity contribution in [3.63, 3.8) is 0 Å². The van der Waals surface area contributed by atoms with E-state index in [0.29, 0.717) is 0 Å². The highest BCUT2D eigenvalue weighted by atomic mass is 16.5. The van der Waals surface area contributed by atoms with Gasteiger partial charge in [-0.25, -0.2) is 0 Å². The van der Waals surface area contributed by atoms with E-state index in [9.17, 15) is 0 Å². The van der Waals surface area contributed by atoms with Crippen LogP contribution in [-0.2, 0) is 4.74 Å². The van der Waals surface area contributed by atoms with Crippen LogP contribution in [0.3, 0.4) is 0 Å². The highest BCUT2D eigenvalue weighted by molar-refractivity contribution is 5.18. The number of ether oxygens (including phenoxy) is 1. The Labute approximate surface area is 93.3 Å². The summed E-state index contributed by atoms with van der Waals surface area (Å²) in [6.45, 7) is 4.19. The third-order valence-corrected chi connectivity index (χ3v) is 3.52. The van der Waals surface area contributed by atoms with Crippen LogP contribution >= 0.6 is 0 Å². The van der Waals surface area contributed by atoms with Crippen LogP contribution in [0.15, 0.2) is 11.1 Å². The van der Waals surface area contributed by atoms with Gasteiger partial charge >= 0.3 is 0 Å². The third-order valence-electron chi connectivity index (χ3n) is 3.52. The summed E-state index contributed by atoms with van der Waals surface area (Å²) in [4.78, 5) is 2.45. The van der Waals surface area contributed by atoms with Crippen LogP contribution in [0.5, 0.6) is 0 Å². The van der Waals surface area contributed by atoms with Crippen LogP contribution in [0, 0.1) is 0 Å². The van der Waals surface area contributed by atoms with E-state index in [1.165, 1.54) is 51.6 Å². The Kier molecular flexibility index (Phi) is 4.21. The molecule has 0 atom stereocenters. The van der Waals surface area contributed by atoms with Gasteiger partial charge in [-0.3, -0.25) is 0 Å². The maximum absolute atomic E-state index is 5.74. The lowest BCUT2D eigenvalue weighted by Crippen LogP contribution is -2.23. The molecule has 0 spiro atoms. The average Bonchev–Trinajstić information content (AvgIpc) is 2.39. The first kappa shape index (κ1) is 11.2. The van der Waals surface area contributed by atoms with Crippen molar-refractivity contribution in [2.45, 2.75) is 38.5 Å². The van der Waals surface area contributed by atoms with Crippen LogP contribution in [0.4, 0.5) is 0 Å². The Morgan fingerprint density at radius 2 is 1.80 bits per heavy atom. The minimum atomic E-state index is 0.906. The number of hydrogen-bond acceptors (Lipinski definition) is 2. The maximum atomic E-state index is 5.74. The molecule has 2 aliphatic rings. The summed E-state index contributed by atoms with van der Waals surface area (Å²) >= 11 is 0. The van der Waals surface area contributed by atoms with Gasteiger partial charge in [0.15, 0.2) is 0 Å². The van der Waals surface area contributed by atoms with Crippen molar-refractivity contribution >= 4 is 0 Å². The molecule has 0 unspecified atom stereocenters. The first-order chi connectivity index (χ1) is 7.36. The van der Waals surface area contributed by atoms with Gasteiger partial charge in [0, 0.05) is 19.7 Å². The fourth-order valence-corrected chi connectivity index (χ4v) is 2.61. The smallest absolute Gasteiger partial charge is 0.0679 e. The number of rotatable bonds is 0. The molecule has 1 aliphatic carbocycles. The van der Waals surface area contributed by atoms with E-state index in [1.54, 1.807) is 11.1 Å². The van der Waals surface area contributed by atoms with Crippen molar-refractivity contribution in [3.05, 3.63) is 11.1 Å².